The van der Waals surface area contributed by atoms with Crippen LogP contribution in [0.4, 0.5) is 5.69 Å². The van der Waals surface area contributed by atoms with Crippen LogP contribution in [0.25, 0.3) is 10.9 Å². The number of para-hydroxylation sites is 1. The Balaban J connectivity index is 1.52. The number of nitrogens with zero attached hydrogens (tertiary/aromatic N) is 1. The van der Waals surface area contributed by atoms with Gasteiger partial charge in [-0.2, -0.15) is 0 Å². The normalized spacial score (nSPS) is 16.1. The summed E-state index contributed by atoms with van der Waals surface area (Å²) >= 11 is 0. The molecule has 0 saturated heterocycles. The molecule has 0 radical (unpaired) electrons. The molecular weight excluding hydrogens is 402 g/mol. The number of hydrogen-bond donors (Lipinski definition) is 2. The number of aromatic amines is 1. The molecule has 160 valence electrons. The van der Waals surface area contributed by atoms with E-state index in [-0.39, 0.29) is 17.9 Å². The zero-order valence-electron chi connectivity index (χ0n) is 17.8. The molecule has 5 rings (SSSR count). The van der Waals surface area contributed by atoms with Crippen molar-refractivity contribution in [2.75, 3.05) is 12.4 Å². The van der Waals surface area contributed by atoms with Crippen LogP contribution in [0.15, 0.2) is 79.0 Å². The summed E-state index contributed by atoms with van der Waals surface area (Å²) in [6.07, 6.45) is 1.94. The number of ether oxygens (including phenoxy) is 1. The van der Waals surface area contributed by atoms with Gasteiger partial charge in [-0.3, -0.25) is 9.59 Å². The lowest BCUT2D eigenvalue weighted by molar-refractivity contribution is -0.120. The topological polar surface area (TPSA) is 74.4 Å². The molecule has 2 N–H and O–H groups in total. The molecular formula is C26H23N3O3. The van der Waals surface area contributed by atoms with Gasteiger partial charge in [-0.15, -0.1) is 0 Å². The number of fused-ring (bicyclic) bond motifs is 2. The van der Waals surface area contributed by atoms with Crippen molar-refractivity contribution in [1.29, 1.82) is 0 Å². The van der Waals surface area contributed by atoms with Gasteiger partial charge in [0.25, 0.3) is 5.91 Å². The second-order valence-electron chi connectivity index (χ2n) is 7.89. The average Bonchev–Trinajstić information content (AvgIpc) is 3.38. The fraction of sp³-hybridized carbons (Fsp3) is 0.154. The fourth-order valence-corrected chi connectivity index (χ4v) is 4.42. The molecule has 2 heterocycles. The van der Waals surface area contributed by atoms with Gasteiger partial charge in [0.05, 0.1) is 13.2 Å². The zero-order chi connectivity index (χ0) is 22.2. The third-order valence-electron chi connectivity index (χ3n) is 6.07. The van der Waals surface area contributed by atoms with Gasteiger partial charge in [0.1, 0.15) is 11.8 Å². The lowest BCUT2D eigenvalue weighted by Gasteiger charge is -2.30. The van der Waals surface area contributed by atoms with E-state index in [4.69, 9.17) is 4.74 Å². The van der Waals surface area contributed by atoms with Crippen LogP contribution in [0.2, 0.25) is 0 Å². The van der Waals surface area contributed by atoms with E-state index in [9.17, 15) is 9.59 Å². The molecule has 6 nitrogen and oxygen atoms in total. The number of nitrogens with one attached hydrogen (secondary N) is 2. The predicted octanol–water partition coefficient (Wildman–Crippen LogP) is 4.75. The summed E-state index contributed by atoms with van der Waals surface area (Å²) < 4.78 is 5.17. The molecule has 0 unspecified atom stereocenters. The molecule has 1 aliphatic rings. The number of benzene rings is 3. The maximum Gasteiger partial charge on any atom is 0.255 e. The lowest BCUT2D eigenvalue weighted by Crippen LogP contribution is -2.44. The molecule has 0 fully saturated rings. The first-order valence-electron chi connectivity index (χ1n) is 10.5. The largest absolute Gasteiger partial charge is 0.497 e. The Kier molecular flexibility index (Phi) is 4.90. The van der Waals surface area contributed by atoms with E-state index in [1.165, 1.54) is 0 Å². The Labute approximate surface area is 185 Å². The molecule has 2 amide bonds. The number of rotatable bonds is 5. The van der Waals surface area contributed by atoms with Crippen LogP contribution in [0.5, 0.6) is 5.75 Å². The van der Waals surface area contributed by atoms with Crippen molar-refractivity contribution in [2.45, 2.75) is 19.0 Å². The van der Waals surface area contributed by atoms with Crippen LogP contribution >= 0.6 is 0 Å². The molecule has 1 aliphatic heterocycles. The molecule has 0 saturated carbocycles. The summed E-state index contributed by atoms with van der Waals surface area (Å²) in [5, 5.41) is 3.96. The molecule has 4 aromatic rings. The van der Waals surface area contributed by atoms with E-state index < -0.39 is 6.04 Å². The van der Waals surface area contributed by atoms with Crippen molar-refractivity contribution in [3.8, 4) is 5.75 Å². The Morgan fingerprint density at radius 3 is 2.50 bits per heavy atom. The molecule has 6 heteroatoms. The quantitative estimate of drug-likeness (QED) is 0.485. The van der Waals surface area contributed by atoms with Gasteiger partial charge in [-0.25, -0.2) is 0 Å². The number of anilines is 1. The summed E-state index contributed by atoms with van der Waals surface area (Å²) in [4.78, 5) is 31.6. The highest BCUT2D eigenvalue weighted by molar-refractivity contribution is 6.05. The van der Waals surface area contributed by atoms with Crippen molar-refractivity contribution in [1.82, 2.24) is 9.88 Å². The lowest BCUT2D eigenvalue weighted by atomic mass is 9.97. The highest BCUT2D eigenvalue weighted by atomic mass is 16.5. The van der Waals surface area contributed by atoms with Gasteiger partial charge in [-0.05, 0) is 48.9 Å². The maximum atomic E-state index is 13.4. The second-order valence-corrected chi connectivity index (χ2v) is 7.89. The smallest absolute Gasteiger partial charge is 0.255 e. The first-order valence-corrected chi connectivity index (χ1v) is 10.5. The van der Waals surface area contributed by atoms with E-state index in [0.717, 1.165) is 22.0 Å². The summed E-state index contributed by atoms with van der Waals surface area (Å²) in [6.45, 7) is 1.77. The summed E-state index contributed by atoms with van der Waals surface area (Å²) in [5.41, 5.74) is 4.16. The van der Waals surface area contributed by atoms with Crippen molar-refractivity contribution < 1.29 is 14.3 Å². The SMILES string of the molecule is COc1ccc(NC(=O)[C@@H](C)N2C(=O)c3ccccc3[C@H]2c2c[nH]c3ccccc23)cc1. The summed E-state index contributed by atoms with van der Waals surface area (Å²) in [7, 11) is 1.59. The van der Waals surface area contributed by atoms with Crippen LogP contribution in [-0.2, 0) is 4.79 Å². The zero-order valence-corrected chi connectivity index (χ0v) is 17.8. The third kappa shape index (κ3) is 3.21. The van der Waals surface area contributed by atoms with Crippen LogP contribution in [0.3, 0.4) is 0 Å². The average molecular weight is 425 g/mol. The van der Waals surface area contributed by atoms with E-state index in [0.29, 0.717) is 17.0 Å². The standard InChI is InChI=1S/C26H23N3O3/c1-16(25(30)28-17-11-13-18(32-2)14-12-17)29-24(20-8-3-4-9-21(20)26(29)31)22-15-27-23-10-6-5-7-19(22)23/h3-16,24,27H,1-2H3,(H,28,30)/t16-,24+/m1/s1. The van der Waals surface area contributed by atoms with Crippen molar-refractivity contribution in [3.63, 3.8) is 0 Å². The molecule has 0 aliphatic carbocycles. The minimum atomic E-state index is -0.685. The van der Waals surface area contributed by atoms with E-state index >= 15 is 0 Å². The Hall–Kier alpha value is -4.06. The Morgan fingerprint density at radius 1 is 1.00 bits per heavy atom. The van der Waals surface area contributed by atoms with Gasteiger partial charge >= 0.3 is 0 Å². The minimum Gasteiger partial charge on any atom is -0.497 e. The number of hydrogen-bond acceptors (Lipinski definition) is 3. The number of methoxy groups -OCH3 is 1. The van der Waals surface area contributed by atoms with Crippen molar-refractivity contribution >= 4 is 28.4 Å². The van der Waals surface area contributed by atoms with Crippen molar-refractivity contribution in [2.24, 2.45) is 0 Å². The highest BCUT2D eigenvalue weighted by Crippen LogP contribution is 2.42. The van der Waals surface area contributed by atoms with Gasteiger partial charge in [0.15, 0.2) is 0 Å². The van der Waals surface area contributed by atoms with Gasteiger partial charge in [0, 0.05) is 33.9 Å². The molecule has 32 heavy (non-hydrogen) atoms. The molecule has 1 aromatic heterocycles. The maximum absolute atomic E-state index is 13.4. The molecule has 0 spiro atoms. The minimum absolute atomic E-state index is 0.145. The van der Waals surface area contributed by atoms with Gasteiger partial charge in [-0.1, -0.05) is 36.4 Å². The third-order valence-corrected chi connectivity index (χ3v) is 6.07. The number of amides is 2. The van der Waals surface area contributed by atoms with Crippen LogP contribution in [-0.4, -0.2) is 34.8 Å². The van der Waals surface area contributed by atoms with Gasteiger partial charge < -0.3 is 19.9 Å². The number of H-pyrrole nitrogens is 1. The van der Waals surface area contributed by atoms with E-state index in [1.807, 2.05) is 54.7 Å². The number of aromatic nitrogens is 1. The fourth-order valence-electron chi connectivity index (χ4n) is 4.42. The van der Waals surface area contributed by atoms with E-state index in [1.54, 1.807) is 43.2 Å². The summed E-state index contributed by atoms with van der Waals surface area (Å²) in [6, 6.07) is 21.7. The van der Waals surface area contributed by atoms with E-state index in [2.05, 4.69) is 10.3 Å². The second kappa shape index (κ2) is 7.89. The monoisotopic (exact) mass is 425 g/mol. The molecule has 2 atom stereocenters. The molecule has 3 aromatic carbocycles. The first kappa shape index (κ1) is 19.9. The van der Waals surface area contributed by atoms with Gasteiger partial charge in [0.2, 0.25) is 5.91 Å². The molecule has 0 bridgehead atoms. The summed E-state index contributed by atoms with van der Waals surface area (Å²) in [5.74, 6) is 0.315. The van der Waals surface area contributed by atoms with Crippen LogP contribution < -0.4 is 10.1 Å². The highest BCUT2D eigenvalue weighted by Gasteiger charge is 2.43. The number of carbonyl (C=O) groups is 2. The Morgan fingerprint density at radius 2 is 1.72 bits per heavy atom. The van der Waals surface area contributed by atoms with Crippen molar-refractivity contribution in [3.05, 3.63) is 95.7 Å². The first-order chi connectivity index (χ1) is 15.6. The Bertz CT molecular complexity index is 1310. The van der Waals surface area contributed by atoms with Crippen LogP contribution in [0.1, 0.15) is 34.5 Å². The predicted molar refractivity (Wildman–Crippen MR) is 124 cm³/mol. The van der Waals surface area contributed by atoms with Crippen LogP contribution in [0, 0.1) is 0 Å². The number of carbonyl (C=O) groups excluding carboxylic acids is 2.